The minimum Gasteiger partial charge on any atom is -0.479 e. The summed E-state index contributed by atoms with van der Waals surface area (Å²) in [7, 11) is 0. The Kier molecular flexibility index (Phi) is 3.80. The summed E-state index contributed by atoms with van der Waals surface area (Å²) in [6, 6.07) is 11.2. The maximum absolute atomic E-state index is 12.4. The van der Waals surface area contributed by atoms with Gasteiger partial charge in [0.25, 0.3) is 0 Å². The predicted octanol–water partition coefficient (Wildman–Crippen LogP) is 2.73. The topological polar surface area (TPSA) is 66.0 Å². The monoisotopic (exact) mass is 296 g/mol. The lowest BCUT2D eigenvalue weighted by molar-refractivity contribution is 0.0554. The predicted molar refractivity (Wildman–Crippen MR) is 85.1 cm³/mol. The molecule has 0 atom stereocenters. The number of hydrogen-bond acceptors (Lipinski definition) is 4. The maximum atomic E-state index is 12.4. The van der Waals surface area contributed by atoms with E-state index in [0.717, 1.165) is 16.4 Å². The van der Waals surface area contributed by atoms with Gasteiger partial charge in [0.15, 0.2) is 0 Å². The van der Waals surface area contributed by atoms with Gasteiger partial charge in [0.1, 0.15) is 19.1 Å². The lowest BCUT2D eigenvalue weighted by Gasteiger charge is -2.03. The number of ether oxygens (including phenoxy) is 2. The lowest BCUT2D eigenvalue weighted by Crippen LogP contribution is -2.07. The molecule has 3 rings (SSSR count). The van der Waals surface area contributed by atoms with E-state index in [2.05, 4.69) is 6.58 Å². The highest BCUT2D eigenvalue weighted by Crippen LogP contribution is 2.30. The molecule has 0 bridgehead atoms. The van der Waals surface area contributed by atoms with Crippen LogP contribution in [0.15, 0.2) is 55.3 Å². The van der Waals surface area contributed by atoms with Crippen LogP contribution in [0.4, 0.5) is 0 Å². The number of benzene rings is 1. The second-order valence-electron chi connectivity index (χ2n) is 4.71. The second-order valence-corrected chi connectivity index (χ2v) is 4.71. The molecule has 0 radical (unpaired) electrons. The molecule has 0 fully saturated rings. The van der Waals surface area contributed by atoms with Gasteiger partial charge in [-0.15, -0.1) is 0 Å². The highest BCUT2D eigenvalue weighted by Gasteiger charge is 2.19. The highest BCUT2D eigenvalue weighted by atomic mass is 16.5. The Bertz CT molecular complexity index is 852. The first-order valence-electron chi connectivity index (χ1n) is 6.90. The van der Waals surface area contributed by atoms with E-state index >= 15 is 0 Å². The first kappa shape index (κ1) is 14.2. The zero-order chi connectivity index (χ0) is 15.5. The summed E-state index contributed by atoms with van der Waals surface area (Å²) >= 11 is 0. The van der Waals surface area contributed by atoms with Crippen molar-refractivity contribution in [1.82, 2.24) is 4.40 Å². The SMILES string of the molecule is C=CCOC(=O)c1c2ccc(OCN)cc2n2ccccc12. The molecule has 1 aromatic carbocycles. The minimum atomic E-state index is -0.369. The van der Waals surface area contributed by atoms with Crippen molar-refractivity contribution in [3.8, 4) is 5.75 Å². The van der Waals surface area contributed by atoms with Crippen molar-refractivity contribution in [1.29, 1.82) is 0 Å². The number of nitrogens with zero attached hydrogens (tertiary/aromatic N) is 1. The first-order valence-corrected chi connectivity index (χ1v) is 6.90. The number of esters is 1. The van der Waals surface area contributed by atoms with Crippen molar-refractivity contribution in [2.45, 2.75) is 0 Å². The summed E-state index contributed by atoms with van der Waals surface area (Å²) in [4.78, 5) is 12.4. The van der Waals surface area contributed by atoms with Gasteiger partial charge in [0, 0.05) is 17.6 Å². The fourth-order valence-electron chi connectivity index (χ4n) is 2.52. The van der Waals surface area contributed by atoms with Gasteiger partial charge in [-0.3, -0.25) is 5.73 Å². The van der Waals surface area contributed by atoms with Crippen molar-refractivity contribution in [3.63, 3.8) is 0 Å². The molecule has 0 saturated heterocycles. The van der Waals surface area contributed by atoms with Gasteiger partial charge in [0.2, 0.25) is 0 Å². The van der Waals surface area contributed by atoms with E-state index in [9.17, 15) is 4.79 Å². The molecule has 22 heavy (non-hydrogen) atoms. The van der Waals surface area contributed by atoms with Gasteiger partial charge >= 0.3 is 5.97 Å². The zero-order valence-electron chi connectivity index (χ0n) is 12.0. The summed E-state index contributed by atoms with van der Waals surface area (Å²) in [6.45, 7) is 3.84. The minimum absolute atomic E-state index is 0.100. The van der Waals surface area contributed by atoms with Crippen LogP contribution < -0.4 is 10.5 Å². The van der Waals surface area contributed by atoms with Crippen LogP contribution in [-0.4, -0.2) is 23.7 Å². The number of rotatable bonds is 5. The van der Waals surface area contributed by atoms with Crippen molar-refractivity contribution < 1.29 is 14.3 Å². The Labute approximate surface area is 127 Å². The van der Waals surface area contributed by atoms with Gasteiger partial charge in [0.05, 0.1) is 16.6 Å². The third-order valence-corrected chi connectivity index (χ3v) is 3.40. The molecule has 0 spiro atoms. The summed E-state index contributed by atoms with van der Waals surface area (Å²) in [5.74, 6) is 0.287. The fraction of sp³-hybridized carbons (Fsp3) is 0.118. The van der Waals surface area contributed by atoms with E-state index in [-0.39, 0.29) is 19.3 Å². The van der Waals surface area contributed by atoms with Gasteiger partial charge < -0.3 is 13.9 Å². The molecular weight excluding hydrogens is 280 g/mol. The van der Waals surface area contributed by atoms with E-state index in [1.807, 2.05) is 40.9 Å². The molecule has 5 heteroatoms. The second kappa shape index (κ2) is 5.91. The van der Waals surface area contributed by atoms with Crippen molar-refractivity contribution in [3.05, 3.63) is 60.8 Å². The number of hydrogen-bond donors (Lipinski definition) is 1. The van der Waals surface area contributed by atoms with Crippen molar-refractivity contribution in [2.75, 3.05) is 13.3 Å². The normalized spacial score (nSPS) is 10.8. The smallest absolute Gasteiger partial charge is 0.341 e. The van der Waals surface area contributed by atoms with Crippen LogP contribution in [0.3, 0.4) is 0 Å². The summed E-state index contributed by atoms with van der Waals surface area (Å²) in [5.41, 5.74) is 7.61. The molecule has 0 saturated carbocycles. The average molecular weight is 296 g/mol. The summed E-state index contributed by atoms with van der Waals surface area (Å²) < 4.78 is 12.5. The molecule has 0 unspecified atom stereocenters. The molecule has 0 aliphatic heterocycles. The molecule has 0 aliphatic rings. The maximum Gasteiger partial charge on any atom is 0.341 e. The third kappa shape index (κ3) is 2.31. The molecule has 112 valence electrons. The number of pyridine rings is 1. The number of nitrogens with two attached hydrogens (primary N) is 1. The summed E-state index contributed by atoms with van der Waals surface area (Å²) in [5, 5.41) is 0.810. The number of fused-ring (bicyclic) bond motifs is 3. The van der Waals surface area contributed by atoms with Gasteiger partial charge in [-0.2, -0.15) is 0 Å². The fourth-order valence-corrected chi connectivity index (χ4v) is 2.52. The van der Waals surface area contributed by atoms with Crippen LogP contribution >= 0.6 is 0 Å². The molecular formula is C17H16N2O3. The van der Waals surface area contributed by atoms with Crippen LogP contribution in [0, 0.1) is 0 Å². The van der Waals surface area contributed by atoms with Crippen LogP contribution in [0.1, 0.15) is 10.4 Å². The quantitative estimate of drug-likeness (QED) is 0.446. The Hall–Kier alpha value is -2.79. The number of carbonyl (C=O) groups is 1. The van der Waals surface area contributed by atoms with E-state index in [1.165, 1.54) is 0 Å². The molecule has 5 nitrogen and oxygen atoms in total. The zero-order valence-corrected chi connectivity index (χ0v) is 12.0. The van der Waals surface area contributed by atoms with E-state index in [0.29, 0.717) is 11.3 Å². The molecule has 2 N–H and O–H groups in total. The van der Waals surface area contributed by atoms with Gasteiger partial charge in [-0.25, -0.2) is 4.79 Å². The summed E-state index contributed by atoms with van der Waals surface area (Å²) in [6.07, 6.45) is 3.44. The largest absolute Gasteiger partial charge is 0.479 e. The molecule has 3 aromatic rings. The molecule has 0 aliphatic carbocycles. The molecule has 2 heterocycles. The van der Waals surface area contributed by atoms with E-state index < -0.39 is 0 Å². The third-order valence-electron chi connectivity index (χ3n) is 3.40. The van der Waals surface area contributed by atoms with Crippen molar-refractivity contribution >= 4 is 22.4 Å². The molecule has 2 aromatic heterocycles. The molecule has 0 amide bonds. The average Bonchev–Trinajstić information content (AvgIpc) is 2.87. The van der Waals surface area contributed by atoms with E-state index in [4.69, 9.17) is 15.2 Å². The van der Waals surface area contributed by atoms with Gasteiger partial charge in [-0.1, -0.05) is 18.7 Å². The Balaban J connectivity index is 2.24. The highest BCUT2D eigenvalue weighted by molar-refractivity contribution is 6.11. The standard InChI is InChI=1S/C17H16N2O3/c1-2-9-21-17(20)16-13-7-6-12(22-11-18)10-15(13)19-8-4-3-5-14(16)19/h2-8,10H,1,9,11,18H2. The Morgan fingerprint density at radius 3 is 2.91 bits per heavy atom. The van der Waals surface area contributed by atoms with Crippen LogP contribution in [0.25, 0.3) is 16.4 Å². The first-order chi connectivity index (χ1) is 10.8. The lowest BCUT2D eigenvalue weighted by atomic mass is 10.1. The van der Waals surface area contributed by atoms with E-state index in [1.54, 1.807) is 12.1 Å². The number of aromatic nitrogens is 1. The van der Waals surface area contributed by atoms with Crippen molar-refractivity contribution in [2.24, 2.45) is 5.73 Å². The number of carbonyl (C=O) groups excluding carboxylic acids is 1. The Morgan fingerprint density at radius 1 is 1.27 bits per heavy atom. The van der Waals surface area contributed by atoms with Crippen LogP contribution in [0.5, 0.6) is 5.75 Å². The van der Waals surface area contributed by atoms with Crippen LogP contribution in [0.2, 0.25) is 0 Å². The van der Waals surface area contributed by atoms with Gasteiger partial charge in [-0.05, 0) is 24.3 Å². The Morgan fingerprint density at radius 2 is 2.14 bits per heavy atom. The van der Waals surface area contributed by atoms with Crippen LogP contribution in [-0.2, 0) is 4.74 Å².